The van der Waals surface area contributed by atoms with Crippen LogP contribution >= 0.6 is 0 Å². The van der Waals surface area contributed by atoms with Crippen LogP contribution in [0.5, 0.6) is 0 Å². The van der Waals surface area contributed by atoms with Gasteiger partial charge in [0.2, 0.25) is 5.91 Å². The standard InChI is InChI=1S/C26H26N4O5/c1-16(24(31)28-13-17-14-29-30(2)23(17)25(32)33)11-12-27-26(34)35-15-22-20-9-5-3-7-18(20)19-8-4-6-10-21(19)22/h3-11,14,22H,12-13,15H2,1-2H3,(H,27,34)(H,28,31)(H,32,33)/b16-11+. The van der Waals surface area contributed by atoms with Crippen LogP contribution < -0.4 is 10.6 Å². The number of nitrogens with zero attached hydrogens (tertiary/aromatic N) is 2. The quantitative estimate of drug-likeness (QED) is 0.431. The van der Waals surface area contributed by atoms with E-state index < -0.39 is 12.1 Å². The van der Waals surface area contributed by atoms with E-state index in [0.29, 0.717) is 11.1 Å². The Hall–Kier alpha value is -4.40. The zero-order valence-electron chi connectivity index (χ0n) is 19.4. The third kappa shape index (κ3) is 5.08. The van der Waals surface area contributed by atoms with E-state index in [2.05, 4.69) is 40.0 Å². The van der Waals surface area contributed by atoms with Crippen molar-refractivity contribution < 1.29 is 24.2 Å². The number of rotatable bonds is 8. The predicted octanol–water partition coefficient (Wildman–Crippen LogP) is 3.22. The maximum atomic E-state index is 12.3. The molecule has 0 unspecified atom stereocenters. The van der Waals surface area contributed by atoms with Crippen LogP contribution in [0.2, 0.25) is 0 Å². The second kappa shape index (κ2) is 10.3. The van der Waals surface area contributed by atoms with Gasteiger partial charge in [-0.25, -0.2) is 9.59 Å². The van der Waals surface area contributed by atoms with Gasteiger partial charge in [-0.1, -0.05) is 54.6 Å². The molecule has 0 saturated heterocycles. The third-order valence-corrected chi connectivity index (χ3v) is 6.01. The van der Waals surface area contributed by atoms with Gasteiger partial charge in [-0.2, -0.15) is 5.10 Å². The molecule has 0 saturated carbocycles. The molecule has 9 nitrogen and oxygen atoms in total. The lowest BCUT2D eigenvalue weighted by Crippen LogP contribution is -2.28. The van der Waals surface area contributed by atoms with Gasteiger partial charge in [0.05, 0.1) is 6.20 Å². The summed E-state index contributed by atoms with van der Waals surface area (Å²) in [6.45, 7) is 1.96. The molecular weight excluding hydrogens is 448 g/mol. The highest BCUT2D eigenvalue weighted by Gasteiger charge is 2.28. The van der Waals surface area contributed by atoms with Crippen molar-refractivity contribution in [3.05, 3.63) is 88.8 Å². The summed E-state index contributed by atoms with van der Waals surface area (Å²) in [6, 6.07) is 16.2. The topological polar surface area (TPSA) is 123 Å². The van der Waals surface area contributed by atoms with Crippen molar-refractivity contribution in [2.45, 2.75) is 19.4 Å². The molecule has 0 atom stereocenters. The van der Waals surface area contributed by atoms with Crippen LogP contribution in [0.4, 0.5) is 4.79 Å². The fourth-order valence-corrected chi connectivity index (χ4v) is 4.23. The molecule has 0 bridgehead atoms. The number of amides is 2. The van der Waals surface area contributed by atoms with Crippen molar-refractivity contribution in [3.63, 3.8) is 0 Å². The lowest BCUT2D eigenvalue weighted by Gasteiger charge is -2.14. The summed E-state index contributed by atoms with van der Waals surface area (Å²) < 4.78 is 6.72. The number of hydrogen-bond acceptors (Lipinski definition) is 5. The van der Waals surface area contributed by atoms with E-state index in [1.165, 1.54) is 17.9 Å². The van der Waals surface area contributed by atoms with Gasteiger partial charge >= 0.3 is 12.1 Å². The van der Waals surface area contributed by atoms with Gasteiger partial charge in [0.1, 0.15) is 6.61 Å². The monoisotopic (exact) mass is 474 g/mol. The van der Waals surface area contributed by atoms with Gasteiger partial charge in [0.25, 0.3) is 0 Å². The van der Waals surface area contributed by atoms with E-state index in [1.807, 2.05) is 24.3 Å². The number of carbonyl (C=O) groups excluding carboxylic acids is 2. The summed E-state index contributed by atoms with van der Waals surface area (Å²) in [5.74, 6) is -1.52. The molecule has 1 aliphatic rings. The van der Waals surface area contributed by atoms with Gasteiger partial charge in [-0.05, 0) is 29.2 Å². The average Bonchev–Trinajstić information content (AvgIpc) is 3.38. The molecular formula is C26H26N4O5. The lowest BCUT2D eigenvalue weighted by atomic mass is 9.98. The van der Waals surface area contributed by atoms with Crippen molar-refractivity contribution in [1.29, 1.82) is 0 Å². The first-order chi connectivity index (χ1) is 16.9. The van der Waals surface area contributed by atoms with Crippen LogP contribution in [-0.2, 0) is 23.1 Å². The van der Waals surface area contributed by atoms with Crippen molar-refractivity contribution in [2.24, 2.45) is 7.05 Å². The maximum Gasteiger partial charge on any atom is 0.407 e. The number of hydrogen-bond donors (Lipinski definition) is 3. The fraction of sp³-hybridized carbons (Fsp3) is 0.231. The Morgan fingerprint density at radius 1 is 1.06 bits per heavy atom. The SMILES string of the molecule is C/C(=C\CNC(=O)OCC1c2ccccc2-c2ccccc21)C(=O)NCc1cnn(C)c1C(=O)O. The molecule has 0 spiro atoms. The Balaban J connectivity index is 1.27. The molecule has 1 heterocycles. The lowest BCUT2D eigenvalue weighted by molar-refractivity contribution is -0.117. The first-order valence-corrected chi connectivity index (χ1v) is 11.1. The van der Waals surface area contributed by atoms with E-state index in [1.54, 1.807) is 13.0 Å². The van der Waals surface area contributed by atoms with E-state index in [-0.39, 0.29) is 37.2 Å². The zero-order chi connectivity index (χ0) is 24.9. The summed E-state index contributed by atoms with van der Waals surface area (Å²) in [4.78, 5) is 35.9. The van der Waals surface area contributed by atoms with Crippen molar-refractivity contribution in [2.75, 3.05) is 13.2 Å². The minimum Gasteiger partial charge on any atom is -0.477 e. The summed E-state index contributed by atoms with van der Waals surface area (Å²) >= 11 is 0. The number of benzene rings is 2. The number of carboxylic acid groups (broad SMARTS) is 1. The molecule has 2 amide bonds. The highest BCUT2D eigenvalue weighted by molar-refractivity contribution is 5.93. The van der Waals surface area contributed by atoms with E-state index in [4.69, 9.17) is 4.74 Å². The first-order valence-electron chi connectivity index (χ1n) is 11.1. The third-order valence-electron chi connectivity index (χ3n) is 6.01. The number of aromatic carboxylic acids is 1. The summed E-state index contributed by atoms with van der Waals surface area (Å²) in [6.07, 6.45) is 2.40. The number of alkyl carbamates (subject to hydrolysis) is 1. The Labute approximate surface area is 202 Å². The summed E-state index contributed by atoms with van der Waals surface area (Å²) in [5.41, 5.74) is 5.38. The largest absolute Gasteiger partial charge is 0.477 e. The summed E-state index contributed by atoms with van der Waals surface area (Å²) in [5, 5.41) is 18.5. The molecule has 9 heteroatoms. The van der Waals surface area contributed by atoms with E-state index in [9.17, 15) is 19.5 Å². The number of nitrogens with one attached hydrogen (secondary N) is 2. The second-order valence-corrected chi connectivity index (χ2v) is 8.22. The number of carboxylic acids is 1. The average molecular weight is 475 g/mol. The van der Waals surface area contributed by atoms with Crippen LogP contribution in [0.15, 0.2) is 66.4 Å². The molecule has 35 heavy (non-hydrogen) atoms. The zero-order valence-corrected chi connectivity index (χ0v) is 19.4. The van der Waals surface area contributed by atoms with Crippen LogP contribution in [0.3, 0.4) is 0 Å². The molecule has 3 N–H and O–H groups in total. The fourth-order valence-electron chi connectivity index (χ4n) is 4.23. The molecule has 0 aliphatic heterocycles. The molecule has 4 rings (SSSR count). The van der Waals surface area contributed by atoms with Crippen LogP contribution in [0, 0.1) is 0 Å². The highest BCUT2D eigenvalue weighted by atomic mass is 16.5. The van der Waals surface area contributed by atoms with Crippen molar-refractivity contribution in [3.8, 4) is 11.1 Å². The van der Waals surface area contributed by atoms with Gasteiger partial charge in [0.15, 0.2) is 5.69 Å². The Bertz CT molecular complexity index is 1270. The molecule has 1 aliphatic carbocycles. The van der Waals surface area contributed by atoms with Crippen LogP contribution in [0.1, 0.15) is 40.0 Å². The normalized spacial score (nSPS) is 12.6. The number of carbonyl (C=O) groups is 3. The van der Waals surface area contributed by atoms with E-state index >= 15 is 0 Å². The molecule has 3 aromatic rings. The number of aryl methyl sites for hydroxylation is 1. The predicted molar refractivity (Wildman–Crippen MR) is 129 cm³/mol. The molecule has 180 valence electrons. The Morgan fingerprint density at radius 3 is 2.31 bits per heavy atom. The minimum atomic E-state index is -1.12. The smallest absolute Gasteiger partial charge is 0.407 e. The van der Waals surface area contributed by atoms with E-state index in [0.717, 1.165) is 22.3 Å². The molecule has 1 aromatic heterocycles. The first kappa shape index (κ1) is 23.7. The van der Waals surface area contributed by atoms with Crippen molar-refractivity contribution in [1.82, 2.24) is 20.4 Å². The number of ether oxygens (including phenoxy) is 1. The molecule has 0 fully saturated rings. The van der Waals surface area contributed by atoms with Gasteiger partial charge in [0, 0.05) is 37.2 Å². The number of aromatic nitrogens is 2. The Kier molecular flexibility index (Phi) is 6.96. The molecule has 0 radical (unpaired) electrons. The van der Waals surface area contributed by atoms with Gasteiger partial charge < -0.3 is 20.5 Å². The van der Waals surface area contributed by atoms with Crippen molar-refractivity contribution >= 4 is 18.0 Å². The molecule has 2 aromatic carbocycles. The maximum absolute atomic E-state index is 12.3. The van der Waals surface area contributed by atoms with Gasteiger partial charge in [-0.3, -0.25) is 9.48 Å². The number of fused-ring (bicyclic) bond motifs is 3. The van der Waals surface area contributed by atoms with Gasteiger partial charge in [-0.15, -0.1) is 0 Å². The minimum absolute atomic E-state index is 0.0175. The van der Waals surface area contributed by atoms with Crippen LogP contribution in [-0.4, -0.2) is 46.0 Å². The second-order valence-electron chi connectivity index (χ2n) is 8.22. The Morgan fingerprint density at radius 2 is 1.69 bits per heavy atom. The summed E-state index contributed by atoms with van der Waals surface area (Å²) in [7, 11) is 1.52. The van der Waals surface area contributed by atoms with Crippen LogP contribution in [0.25, 0.3) is 11.1 Å². The highest BCUT2D eigenvalue weighted by Crippen LogP contribution is 2.44.